The molecule has 23 heteroatoms. The van der Waals surface area contributed by atoms with Gasteiger partial charge in [-0.2, -0.15) is 13.2 Å². The SMILES string of the molecule is CCc1c(C(=O)CC2CC2)cnc2cc(C(F)(F)F)c(-c3ccc(C(=O)NC4CCC(C)CC4)cc3)cc12.CCc1c(C(=O)CC2CC2)cnc2cc(F)c(-c3ccc(C(=O)NC4CCC(C)CC4)cc3)cc12.CCc1c(C(=O)CC2CC2)cnc2cc(OC)c(-c3ccc(C(=O)NC4CCC(C)CC4)cc3)cc12.COc1cc2ncc(C(=O)CC3CC3)c(N)c2cc1-c1ccc(C(=O)NC2CCC(C)CC2)cc1. The van der Waals surface area contributed by atoms with Gasteiger partial charge in [0.05, 0.1) is 53.1 Å². The minimum atomic E-state index is -4.59. The summed E-state index contributed by atoms with van der Waals surface area (Å²) in [6.07, 6.45) is 32.0. The average molecular weight is 1950 g/mol. The predicted molar refractivity (Wildman–Crippen MR) is 562 cm³/mol. The molecule has 144 heavy (non-hydrogen) atoms. The van der Waals surface area contributed by atoms with Crippen LogP contribution in [0.15, 0.2) is 170 Å². The summed E-state index contributed by atoms with van der Waals surface area (Å²) in [5.74, 6) is 5.93. The Kier molecular flexibility index (Phi) is 32.4. The Hall–Kier alpha value is -12.9. The number of Topliss-reactive ketones (excluding diaryl/α,β-unsaturated/α-hetero) is 4. The summed E-state index contributed by atoms with van der Waals surface area (Å²) in [6, 6.07) is 43.2. The second-order valence-corrected chi connectivity index (χ2v) is 42.3. The fraction of sp³-hybridized carbons (Fsp3) is 0.438. The third-order valence-electron chi connectivity index (χ3n) is 31.2. The molecule has 8 aliphatic carbocycles. The Balaban J connectivity index is 0.000000132. The number of nitrogens with zero attached hydrogens (tertiary/aromatic N) is 4. The van der Waals surface area contributed by atoms with Crippen LogP contribution in [0.2, 0.25) is 0 Å². The lowest BCUT2D eigenvalue weighted by Gasteiger charge is -2.26. The van der Waals surface area contributed by atoms with Gasteiger partial charge in [0.15, 0.2) is 23.1 Å². The lowest BCUT2D eigenvalue weighted by molar-refractivity contribution is -0.137. The number of aryl methyl sites for hydroxylation is 3. The van der Waals surface area contributed by atoms with E-state index in [1.807, 2.05) is 86.6 Å². The first kappa shape index (κ1) is 103. The Labute approximate surface area is 841 Å². The zero-order valence-electron chi connectivity index (χ0n) is 84.5. The van der Waals surface area contributed by atoms with Crippen molar-refractivity contribution in [1.29, 1.82) is 0 Å². The number of nitrogens with one attached hydrogen (secondary N) is 4. The monoisotopic (exact) mass is 1950 g/mol. The number of methoxy groups -OCH3 is 2. The summed E-state index contributed by atoms with van der Waals surface area (Å²) in [6.45, 7) is 15.0. The average Bonchev–Trinajstić information content (AvgIpc) is 1.34. The summed E-state index contributed by atoms with van der Waals surface area (Å²) in [5, 5.41) is 15.7. The smallest absolute Gasteiger partial charge is 0.417 e. The number of carbonyl (C=O) groups is 8. The first-order valence-electron chi connectivity index (χ1n) is 52.6. The molecule has 8 saturated carbocycles. The highest BCUT2D eigenvalue weighted by Crippen LogP contribution is 2.46. The molecule has 0 aliphatic heterocycles. The number of rotatable bonds is 29. The van der Waals surface area contributed by atoms with E-state index >= 15 is 4.39 Å². The van der Waals surface area contributed by atoms with Crippen LogP contribution in [0.5, 0.6) is 11.5 Å². The number of ketones is 4. The topological polar surface area (TPSA) is 281 Å². The predicted octanol–water partition coefficient (Wildman–Crippen LogP) is 27.2. The van der Waals surface area contributed by atoms with Gasteiger partial charge in [-0.25, -0.2) is 4.39 Å². The number of aromatic nitrogens is 4. The lowest BCUT2D eigenvalue weighted by Crippen LogP contribution is -2.37. The zero-order valence-corrected chi connectivity index (χ0v) is 84.5. The largest absolute Gasteiger partial charge is 0.496 e. The third kappa shape index (κ3) is 25.0. The quantitative estimate of drug-likeness (QED) is 0.0215. The molecule has 8 fully saturated rings. The normalized spacial score (nSPS) is 19.9. The summed E-state index contributed by atoms with van der Waals surface area (Å²) < 4.78 is 68.9. The highest BCUT2D eigenvalue weighted by molar-refractivity contribution is 6.10. The van der Waals surface area contributed by atoms with Crippen molar-refractivity contribution in [3.63, 3.8) is 0 Å². The van der Waals surface area contributed by atoms with Gasteiger partial charge in [-0.3, -0.25) is 58.3 Å². The van der Waals surface area contributed by atoms with Gasteiger partial charge in [0.2, 0.25) is 0 Å². The van der Waals surface area contributed by atoms with Gasteiger partial charge in [-0.05, 0) is 344 Å². The number of amides is 4. The Morgan fingerprint density at radius 2 is 0.576 bits per heavy atom. The molecule has 4 amide bonds. The van der Waals surface area contributed by atoms with E-state index in [1.54, 1.807) is 81.3 Å². The number of hydrogen-bond acceptors (Lipinski definition) is 15. The van der Waals surface area contributed by atoms with Crippen LogP contribution in [0.4, 0.5) is 23.2 Å². The Morgan fingerprint density at radius 1 is 0.326 bits per heavy atom. The maximum Gasteiger partial charge on any atom is 0.417 e. The summed E-state index contributed by atoms with van der Waals surface area (Å²) in [4.78, 5) is 120. The van der Waals surface area contributed by atoms with Crippen LogP contribution in [0.1, 0.15) is 333 Å². The zero-order chi connectivity index (χ0) is 101. The number of hydrogen-bond donors (Lipinski definition) is 5. The number of halogens is 4. The van der Waals surface area contributed by atoms with E-state index in [4.69, 9.17) is 15.2 Å². The number of alkyl halides is 3. The first-order valence-corrected chi connectivity index (χ1v) is 52.6. The van der Waals surface area contributed by atoms with Crippen molar-refractivity contribution in [1.82, 2.24) is 41.2 Å². The standard InChI is InChI=1S/C31H33F3N2O2.C31H36N2O3.C30H33FN2O2.C29H33N3O3/c1-3-23-25-15-24(20-8-10-21(11-9-20)30(38)36-22-12-4-18(2)5-13-22)27(31(32,33)34)16-28(25)35-17-26(23)29(37)14-19-6-7-19;1-4-24-26-16-25(30(36-3)17-28(26)32-18-27(24)29(34)15-20-7-8-20)21-9-11-22(12-10-21)31(35)33-23-13-5-19(2)6-14-23;1-3-23-25-15-24(27(31)16-28(25)32-17-26(23)29(34)14-19-6-7-19)20-8-10-21(11-9-20)30(35)33-22-12-4-18(2)5-13-22;1-17-3-11-21(12-4-17)32-29(34)20-9-7-19(8-10-20)22-14-23-25(15-27(22)35-2)31-16-24(28(23)30)26(33)13-18-5-6-18/h8-11,15-19,22H,3-7,12-14H2,1-2H3,(H,36,38);9-12,16-20,23H,4-8,13-15H2,1-3H3,(H,33,35);8-11,15-19,22H,3-7,12-14H2,1-2H3,(H,33,35);7-10,14-18,21H,3-6,11-13H2,1-2H3,(H2,30,31)(H,32,34). The number of pyridine rings is 4. The van der Waals surface area contributed by atoms with Gasteiger partial charge in [0.1, 0.15) is 17.3 Å². The molecule has 12 aromatic rings. The van der Waals surface area contributed by atoms with Crippen LogP contribution in [-0.2, 0) is 25.4 Å². The Morgan fingerprint density at radius 3 is 0.868 bits per heavy atom. The molecule has 4 aromatic heterocycles. The van der Waals surface area contributed by atoms with Crippen molar-refractivity contribution < 1.29 is 65.4 Å². The molecule has 0 atom stereocenters. The van der Waals surface area contributed by atoms with Crippen LogP contribution >= 0.6 is 0 Å². The van der Waals surface area contributed by atoms with E-state index in [0.717, 1.165) is 243 Å². The molecule has 0 radical (unpaired) electrons. The molecule has 8 aromatic carbocycles. The van der Waals surface area contributed by atoms with Crippen LogP contribution in [-0.4, -0.2) is 105 Å². The number of benzene rings is 8. The van der Waals surface area contributed by atoms with Gasteiger partial charge in [-0.1, -0.05) is 97.0 Å². The fourth-order valence-corrected chi connectivity index (χ4v) is 21.3. The number of anilines is 1. The second kappa shape index (κ2) is 45.6. The minimum Gasteiger partial charge on any atom is -0.496 e. The van der Waals surface area contributed by atoms with Crippen molar-refractivity contribution in [2.45, 2.75) is 278 Å². The fourth-order valence-electron chi connectivity index (χ4n) is 21.3. The maximum atomic E-state index is 15.1. The molecule has 0 bridgehead atoms. The van der Waals surface area contributed by atoms with Crippen LogP contribution in [0, 0.1) is 53.2 Å². The van der Waals surface area contributed by atoms with Crippen molar-refractivity contribution in [2.75, 3.05) is 20.0 Å². The van der Waals surface area contributed by atoms with Crippen molar-refractivity contribution in [3.8, 4) is 56.0 Å². The number of nitrogen functional groups attached to an aromatic ring is 1. The van der Waals surface area contributed by atoms with E-state index < -0.39 is 11.7 Å². The molecule has 0 unspecified atom stereocenters. The summed E-state index contributed by atoms with van der Waals surface area (Å²) in [5.41, 5.74) is 21.0. The van der Waals surface area contributed by atoms with Gasteiger partial charge in [-0.15, -0.1) is 0 Å². The number of carbonyl (C=O) groups excluding carboxylic acids is 8. The number of nitrogens with two attached hydrogens (primary N) is 1. The lowest BCUT2D eigenvalue weighted by atomic mass is 9.87. The van der Waals surface area contributed by atoms with Gasteiger partial charge in [0, 0.05) is 170 Å². The molecule has 0 spiro atoms. The van der Waals surface area contributed by atoms with Crippen LogP contribution in [0.25, 0.3) is 88.1 Å². The van der Waals surface area contributed by atoms with Crippen LogP contribution < -0.4 is 36.5 Å². The second-order valence-electron chi connectivity index (χ2n) is 42.3. The van der Waals surface area contributed by atoms with E-state index in [-0.39, 0.29) is 87.8 Å². The molecule has 20 rings (SSSR count). The summed E-state index contributed by atoms with van der Waals surface area (Å²) in [7, 11) is 3.28. The number of fused-ring (bicyclic) bond motifs is 4. The van der Waals surface area contributed by atoms with Gasteiger partial charge >= 0.3 is 6.18 Å². The maximum absolute atomic E-state index is 15.1. The number of ether oxygens (including phenoxy) is 2. The first-order chi connectivity index (χ1) is 69.4. The van der Waals surface area contributed by atoms with E-state index in [9.17, 15) is 51.5 Å². The molecule has 4 heterocycles. The molecular weight excluding hydrogens is 1820 g/mol. The Bertz CT molecular complexity index is 6760. The third-order valence-corrected chi connectivity index (χ3v) is 31.2. The highest BCUT2D eigenvalue weighted by atomic mass is 19.4. The van der Waals surface area contributed by atoms with E-state index in [1.165, 1.54) is 31.2 Å². The summed E-state index contributed by atoms with van der Waals surface area (Å²) >= 11 is 0. The van der Waals surface area contributed by atoms with Crippen molar-refractivity contribution in [3.05, 3.63) is 243 Å². The molecule has 752 valence electrons. The van der Waals surface area contributed by atoms with Crippen LogP contribution in [0.3, 0.4) is 0 Å². The van der Waals surface area contributed by atoms with Gasteiger partial charge < -0.3 is 36.5 Å². The molecule has 6 N–H and O–H groups in total. The molecule has 19 nitrogen and oxygen atoms in total. The minimum absolute atomic E-state index is 0.00277. The van der Waals surface area contributed by atoms with Gasteiger partial charge in [0.25, 0.3) is 23.6 Å². The van der Waals surface area contributed by atoms with E-state index in [2.05, 4.69) is 81.9 Å². The van der Waals surface area contributed by atoms with Crippen molar-refractivity contribution in [2.24, 2.45) is 47.3 Å². The highest BCUT2D eigenvalue weighted by Gasteiger charge is 2.38. The molecule has 0 saturated heterocycles. The van der Waals surface area contributed by atoms with E-state index in [0.29, 0.717) is 152 Å². The molecule has 8 aliphatic rings. The van der Waals surface area contributed by atoms with Crippen molar-refractivity contribution >= 4 is 96.1 Å². The molecular formula is C121H135F4N9O10.